The third-order valence-electron chi connectivity index (χ3n) is 0.748. The van der Waals surface area contributed by atoms with E-state index >= 15 is 0 Å². The van der Waals surface area contributed by atoms with E-state index in [2.05, 4.69) is 4.90 Å². The van der Waals surface area contributed by atoms with Crippen LogP contribution in [0.1, 0.15) is 0 Å². The highest BCUT2D eigenvalue weighted by Crippen LogP contribution is 2.02. The van der Waals surface area contributed by atoms with Crippen LogP contribution in [0.5, 0.6) is 0 Å². The van der Waals surface area contributed by atoms with E-state index in [1.54, 1.807) is 0 Å². The molecule has 49 valence electrons. The summed E-state index contributed by atoms with van der Waals surface area (Å²) in [5, 5.41) is 0. The first kappa shape index (κ1) is 8.76. The first-order valence-electron chi connectivity index (χ1n) is 2.44. The van der Waals surface area contributed by atoms with Crippen molar-refractivity contribution in [1.82, 2.24) is 4.90 Å². The van der Waals surface area contributed by atoms with E-state index in [0.717, 1.165) is 12.6 Å². The zero-order valence-electron chi connectivity index (χ0n) is 5.12. The van der Waals surface area contributed by atoms with Crippen LogP contribution in [-0.2, 0) is 0 Å². The molecule has 0 aliphatic carbocycles. The summed E-state index contributed by atoms with van der Waals surface area (Å²) in [7, 11) is 3.00. The summed E-state index contributed by atoms with van der Waals surface area (Å²) in [6.07, 6.45) is 0. The SMILES string of the molecule is CN(C)CC[Si](Cl)Cl. The minimum absolute atomic E-state index is 0.945. The van der Waals surface area contributed by atoms with Gasteiger partial charge in [0, 0.05) is 0 Å². The summed E-state index contributed by atoms with van der Waals surface area (Å²) < 4.78 is 0. The van der Waals surface area contributed by atoms with Crippen LogP contribution >= 0.6 is 22.2 Å². The van der Waals surface area contributed by atoms with Gasteiger partial charge in [-0.3, -0.25) is 0 Å². The Balaban J connectivity index is 2.93. The summed E-state index contributed by atoms with van der Waals surface area (Å²) in [5.41, 5.74) is 0. The van der Waals surface area contributed by atoms with E-state index in [4.69, 9.17) is 22.2 Å². The molecular weight excluding hydrogens is 161 g/mol. The van der Waals surface area contributed by atoms with Crippen LogP contribution in [0.15, 0.2) is 0 Å². The maximum atomic E-state index is 5.56. The molecule has 0 amide bonds. The lowest BCUT2D eigenvalue weighted by Crippen LogP contribution is -2.15. The third-order valence-corrected chi connectivity index (χ3v) is 2.48. The Morgan fingerprint density at radius 3 is 2.00 bits per heavy atom. The van der Waals surface area contributed by atoms with Gasteiger partial charge in [-0.15, -0.1) is 22.2 Å². The summed E-state index contributed by atoms with van der Waals surface area (Å²) in [6, 6.07) is 0.945. The molecule has 0 aromatic heterocycles. The fourth-order valence-corrected chi connectivity index (χ4v) is 1.43. The Hall–Kier alpha value is 0.757. The van der Waals surface area contributed by atoms with Crippen molar-refractivity contribution in [2.24, 2.45) is 0 Å². The summed E-state index contributed by atoms with van der Waals surface area (Å²) in [6.45, 7) is 1.00. The summed E-state index contributed by atoms with van der Waals surface area (Å²) in [4.78, 5) is 2.08. The normalized spacial score (nSPS) is 11.2. The minimum Gasteiger partial charge on any atom is -0.310 e. The lowest BCUT2D eigenvalue weighted by atomic mass is 10.7. The Bertz CT molecular complexity index is 50.0. The molecule has 4 heteroatoms. The topological polar surface area (TPSA) is 3.24 Å². The maximum Gasteiger partial charge on any atom is 0.275 e. The van der Waals surface area contributed by atoms with E-state index in [-0.39, 0.29) is 0 Å². The molecule has 0 rings (SSSR count). The number of halogens is 2. The molecule has 0 unspecified atom stereocenters. The monoisotopic (exact) mass is 170 g/mol. The fraction of sp³-hybridized carbons (Fsp3) is 1.00. The van der Waals surface area contributed by atoms with Crippen molar-refractivity contribution in [1.29, 1.82) is 0 Å². The standard InChI is InChI=1S/C4H10Cl2NSi/c1-7(2)3-4-8(5)6/h3-4H2,1-2H3. The van der Waals surface area contributed by atoms with Crippen LogP contribution in [0.4, 0.5) is 0 Å². The molecule has 1 nitrogen and oxygen atoms in total. The molecular formula is C4H10Cl2NSi. The van der Waals surface area contributed by atoms with Gasteiger partial charge in [-0.05, 0) is 26.7 Å². The average molecular weight is 171 g/mol. The molecule has 0 spiro atoms. The Morgan fingerprint density at radius 2 is 1.88 bits per heavy atom. The van der Waals surface area contributed by atoms with Crippen molar-refractivity contribution in [2.45, 2.75) is 6.04 Å². The maximum absolute atomic E-state index is 5.56. The van der Waals surface area contributed by atoms with Gasteiger partial charge in [0.05, 0.1) is 0 Å². The molecule has 0 N–H and O–H groups in total. The Labute approximate surface area is 61.6 Å². The largest absolute Gasteiger partial charge is 0.310 e. The van der Waals surface area contributed by atoms with Crippen LogP contribution in [0.3, 0.4) is 0 Å². The van der Waals surface area contributed by atoms with Crippen LogP contribution in [0.25, 0.3) is 0 Å². The fourth-order valence-electron chi connectivity index (χ4n) is 0.308. The van der Waals surface area contributed by atoms with E-state index in [9.17, 15) is 0 Å². The molecule has 0 aliphatic heterocycles. The van der Waals surface area contributed by atoms with E-state index < -0.39 is 7.42 Å². The highest BCUT2D eigenvalue weighted by atomic mass is 35.7. The zero-order valence-corrected chi connectivity index (χ0v) is 7.63. The predicted molar refractivity (Wildman–Crippen MR) is 40.8 cm³/mol. The molecule has 1 radical (unpaired) electrons. The van der Waals surface area contributed by atoms with Gasteiger partial charge < -0.3 is 4.90 Å². The van der Waals surface area contributed by atoms with Gasteiger partial charge in [-0.1, -0.05) is 0 Å². The zero-order chi connectivity index (χ0) is 6.57. The van der Waals surface area contributed by atoms with Gasteiger partial charge >= 0.3 is 0 Å². The average Bonchev–Trinajstić information content (AvgIpc) is 1.61. The minimum atomic E-state index is -1.03. The van der Waals surface area contributed by atoms with Gasteiger partial charge in [0.25, 0.3) is 7.42 Å². The quantitative estimate of drug-likeness (QED) is 0.459. The van der Waals surface area contributed by atoms with Crippen molar-refractivity contribution < 1.29 is 0 Å². The van der Waals surface area contributed by atoms with Crippen LogP contribution < -0.4 is 0 Å². The van der Waals surface area contributed by atoms with Gasteiger partial charge in [0.1, 0.15) is 0 Å². The number of hydrogen-bond acceptors (Lipinski definition) is 1. The van der Waals surface area contributed by atoms with Gasteiger partial charge in [0.15, 0.2) is 0 Å². The second kappa shape index (κ2) is 4.62. The number of hydrogen-bond donors (Lipinski definition) is 0. The summed E-state index contributed by atoms with van der Waals surface area (Å²) in [5.74, 6) is 0. The van der Waals surface area contributed by atoms with Crippen LogP contribution in [0.2, 0.25) is 6.04 Å². The number of nitrogens with zero attached hydrogens (tertiary/aromatic N) is 1. The molecule has 0 fully saturated rings. The lowest BCUT2D eigenvalue weighted by molar-refractivity contribution is 0.433. The molecule has 8 heavy (non-hydrogen) atoms. The molecule has 0 bridgehead atoms. The second-order valence-electron chi connectivity index (χ2n) is 1.89. The van der Waals surface area contributed by atoms with Gasteiger partial charge in [-0.25, -0.2) is 0 Å². The van der Waals surface area contributed by atoms with Gasteiger partial charge in [-0.2, -0.15) is 0 Å². The molecule has 0 aliphatic rings. The molecule has 0 saturated carbocycles. The summed E-state index contributed by atoms with van der Waals surface area (Å²) >= 11 is 11.1. The van der Waals surface area contributed by atoms with E-state index in [1.807, 2.05) is 14.1 Å². The lowest BCUT2D eigenvalue weighted by Gasteiger charge is -2.06. The van der Waals surface area contributed by atoms with E-state index in [1.165, 1.54) is 0 Å². The van der Waals surface area contributed by atoms with Crippen molar-refractivity contribution in [3.63, 3.8) is 0 Å². The molecule has 0 heterocycles. The highest BCUT2D eigenvalue weighted by Gasteiger charge is 2.01. The third kappa shape index (κ3) is 6.76. The van der Waals surface area contributed by atoms with Crippen LogP contribution in [-0.4, -0.2) is 33.0 Å². The van der Waals surface area contributed by atoms with Crippen LogP contribution in [0, 0.1) is 0 Å². The van der Waals surface area contributed by atoms with Gasteiger partial charge in [0.2, 0.25) is 0 Å². The predicted octanol–water partition coefficient (Wildman–Crippen LogP) is 1.51. The molecule has 0 aromatic carbocycles. The second-order valence-corrected chi connectivity index (χ2v) is 6.39. The first-order chi connectivity index (χ1) is 3.63. The smallest absolute Gasteiger partial charge is 0.275 e. The Kier molecular flexibility index (Phi) is 5.06. The molecule has 0 atom stereocenters. The van der Waals surface area contributed by atoms with Crippen molar-refractivity contribution in [3.05, 3.63) is 0 Å². The van der Waals surface area contributed by atoms with Crippen molar-refractivity contribution in [3.8, 4) is 0 Å². The highest BCUT2D eigenvalue weighted by molar-refractivity contribution is 7.33. The molecule has 0 saturated heterocycles. The Morgan fingerprint density at radius 1 is 1.38 bits per heavy atom. The van der Waals surface area contributed by atoms with Crippen molar-refractivity contribution >= 4 is 29.6 Å². The molecule has 0 aromatic rings. The van der Waals surface area contributed by atoms with Crippen molar-refractivity contribution in [2.75, 3.05) is 20.6 Å². The number of rotatable bonds is 3. The van der Waals surface area contributed by atoms with E-state index in [0.29, 0.717) is 0 Å². The first-order valence-corrected chi connectivity index (χ1v) is 6.17.